The first-order valence-electron chi connectivity index (χ1n) is 9.45. The summed E-state index contributed by atoms with van der Waals surface area (Å²) in [5.41, 5.74) is 4.59. The number of carbonyl (C=O) groups is 1. The van der Waals surface area contributed by atoms with Gasteiger partial charge in [-0.15, -0.1) is 0 Å². The molecular formula is C20H27NO3. The van der Waals surface area contributed by atoms with Crippen LogP contribution < -0.4 is 5.32 Å². The van der Waals surface area contributed by atoms with Crippen molar-refractivity contribution in [3.05, 3.63) is 34.9 Å². The van der Waals surface area contributed by atoms with Crippen LogP contribution in [-0.2, 0) is 9.53 Å². The second kappa shape index (κ2) is 5.98. The van der Waals surface area contributed by atoms with Gasteiger partial charge in [-0.2, -0.15) is 0 Å². The first-order chi connectivity index (χ1) is 11.6. The lowest BCUT2D eigenvalue weighted by molar-refractivity contribution is -0.142. The van der Waals surface area contributed by atoms with Crippen molar-refractivity contribution in [2.45, 2.75) is 70.3 Å². The largest absolute Gasteiger partial charge is 0.488 e. The molecular weight excluding hydrogens is 302 g/mol. The third-order valence-corrected chi connectivity index (χ3v) is 6.25. The van der Waals surface area contributed by atoms with Crippen LogP contribution in [0.4, 0.5) is 0 Å². The molecule has 24 heavy (non-hydrogen) atoms. The number of fused-ring (bicyclic) bond motifs is 3. The maximum atomic E-state index is 11.5. The zero-order chi connectivity index (χ0) is 16.7. The molecule has 0 amide bonds. The number of rotatable bonds is 4. The molecule has 4 nitrogen and oxygen atoms in total. The molecule has 4 heteroatoms. The van der Waals surface area contributed by atoms with E-state index in [9.17, 15) is 9.90 Å². The van der Waals surface area contributed by atoms with Crippen LogP contribution in [0.3, 0.4) is 0 Å². The lowest BCUT2D eigenvalue weighted by Gasteiger charge is -2.36. The van der Waals surface area contributed by atoms with Crippen molar-refractivity contribution >= 4 is 5.97 Å². The van der Waals surface area contributed by atoms with Crippen LogP contribution in [0.5, 0.6) is 0 Å². The fourth-order valence-electron chi connectivity index (χ4n) is 5.28. The maximum absolute atomic E-state index is 11.5. The molecule has 2 aliphatic heterocycles. The predicted molar refractivity (Wildman–Crippen MR) is 92.0 cm³/mol. The van der Waals surface area contributed by atoms with E-state index in [1.807, 2.05) is 0 Å². The van der Waals surface area contributed by atoms with E-state index in [0.29, 0.717) is 5.92 Å². The van der Waals surface area contributed by atoms with Crippen LogP contribution in [0.25, 0.3) is 0 Å². The Morgan fingerprint density at radius 3 is 3.04 bits per heavy atom. The average molecular weight is 329 g/mol. The van der Waals surface area contributed by atoms with Gasteiger partial charge in [-0.05, 0) is 61.7 Å². The van der Waals surface area contributed by atoms with E-state index >= 15 is 0 Å². The average Bonchev–Trinajstić information content (AvgIpc) is 2.95. The number of carboxylic acids is 1. The zero-order valence-corrected chi connectivity index (χ0v) is 14.4. The second-order valence-corrected chi connectivity index (χ2v) is 7.70. The number of ether oxygens (including phenoxy) is 1. The molecule has 2 N–H and O–H groups in total. The lowest BCUT2D eigenvalue weighted by atomic mass is 9.72. The quantitative estimate of drug-likeness (QED) is 0.809. The molecule has 2 aliphatic carbocycles. The Morgan fingerprint density at radius 1 is 1.38 bits per heavy atom. The van der Waals surface area contributed by atoms with Gasteiger partial charge in [0.15, 0.2) is 5.60 Å². The van der Waals surface area contributed by atoms with E-state index in [1.54, 1.807) is 11.8 Å². The molecule has 3 atom stereocenters. The number of aliphatic carboxylic acids is 1. The number of carboxylic acid groups (broad SMARTS) is 1. The van der Waals surface area contributed by atoms with Crippen LogP contribution in [0.1, 0.15) is 64.7 Å². The van der Waals surface area contributed by atoms with E-state index in [4.69, 9.17) is 4.74 Å². The van der Waals surface area contributed by atoms with Gasteiger partial charge in [0, 0.05) is 11.6 Å². The summed E-state index contributed by atoms with van der Waals surface area (Å²) in [6.07, 6.45) is 13.1. The SMILES string of the molecule is CCCC1(CC(=O)O)OC=CC2=C1NC1=C3CCCCC3CCC21. The maximum Gasteiger partial charge on any atom is 0.307 e. The Labute approximate surface area is 143 Å². The molecule has 130 valence electrons. The molecule has 4 rings (SSSR count). The van der Waals surface area contributed by atoms with Crippen LogP contribution in [0.15, 0.2) is 34.9 Å². The topological polar surface area (TPSA) is 58.6 Å². The Hall–Kier alpha value is -1.71. The highest BCUT2D eigenvalue weighted by Gasteiger charge is 2.48. The summed E-state index contributed by atoms with van der Waals surface area (Å²) in [7, 11) is 0. The summed E-state index contributed by atoms with van der Waals surface area (Å²) in [5, 5.41) is 13.2. The fourth-order valence-corrected chi connectivity index (χ4v) is 5.28. The van der Waals surface area contributed by atoms with Crippen molar-refractivity contribution in [3.8, 4) is 0 Å². The van der Waals surface area contributed by atoms with Crippen LogP contribution in [0.2, 0.25) is 0 Å². The van der Waals surface area contributed by atoms with Crippen molar-refractivity contribution in [2.24, 2.45) is 11.8 Å². The summed E-state index contributed by atoms with van der Waals surface area (Å²) in [6, 6.07) is 0. The molecule has 0 radical (unpaired) electrons. The minimum atomic E-state index is -0.796. The predicted octanol–water partition coefficient (Wildman–Crippen LogP) is 4.26. The van der Waals surface area contributed by atoms with Gasteiger partial charge >= 0.3 is 5.97 Å². The van der Waals surface area contributed by atoms with E-state index in [2.05, 4.69) is 18.3 Å². The third kappa shape index (κ3) is 2.38. The number of hydrogen-bond acceptors (Lipinski definition) is 3. The molecule has 0 saturated heterocycles. The van der Waals surface area contributed by atoms with Gasteiger partial charge in [0.1, 0.15) is 0 Å². The van der Waals surface area contributed by atoms with E-state index in [-0.39, 0.29) is 6.42 Å². The molecule has 0 spiro atoms. The van der Waals surface area contributed by atoms with Crippen LogP contribution in [-0.4, -0.2) is 16.7 Å². The van der Waals surface area contributed by atoms with Gasteiger partial charge in [-0.1, -0.05) is 19.8 Å². The van der Waals surface area contributed by atoms with Gasteiger partial charge in [0.25, 0.3) is 0 Å². The molecule has 3 unspecified atom stereocenters. The van der Waals surface area contributed by atoms with Gasteiger partial charge in [-0.25, -0.2) is 0 Å². The first kappa shape index (κ1) is 15.8. The molecule has 0 aromatic rings. The van der Waals surface area contributed by atoms with E-state index in [0.717, 1.165) is 24.5 Å². The standard InChI is InChI=1S/C20H27NO3/c1-2-10-20(12-17(22)23)19-16(9-11-24-20)15-8-7-13-5-3-4-6-14(13)18(15)21-19/h9,11,13,15,21H,2-8,10,12H2,1H3,(H,22,23). The Bertz CT molecular complexity index is 645. The summed E-state index contributed by atoms with van der Waals surface area (Å²) in [6.45, 7) is 2.09. The van der Waals surface area contributed by atoms with Gasteiger partial charge in [0.05, 0.1) is 18.4 Å². The van der Waals surface area contributed by atoms with Crippen molar-refractivity contribution in [1.82, 2.24) is 5.32 Å². The van der Waals surface area contributed by atoms with Crippen LogP contribution in [0, 0.1) is 11.8 Å². The first-order valence-corrected chi connectivity index (χ1v) is 9.45. The number of hydrogen-bond donors (Lipinski definition) is 2. The molecule has 0 bridgehead atoms. The molecule has 0 aromatic heterocycles. The summed E-state index contributed by atoms with van der Waals surface area (Å²) in [5.74, 6) is 0.369. The lowest BCUT2D eigenvalue weighted by Crippen LogP contribution is -2.41. The normalized spacial score (nSPS) is 34.2. The van der Waals surface area contributed by atoms with Crippen LogP contribution >= 0.6 is 0 Å². The molecule has 2 heterocycles. The zero-order valence-electron chi connectivity index (χ0n) is 14.4. The van der Waals surface area contributed by atoms with Gasteiger partial charge < -0.3 is 15.2 Å². The fraction of sp³-hybridized carbons (Fsp3) is 0.650. The highest BCUT2D eigenvalue weighted by atomic mass is 16.5. The molecule has 1 fully saturated rings. The van der Waals surface area contributed by atoms with E-state index < -0.39 is 11.6 Å². The minimum Gasteiger partial charge on any atom is -0.488 e. The van der Waals surface area contributed by atoms with Gasteiger partial charge in [0.2, 0.25) is 0 Å². The van der Waals surface area contributed by atoms with Crippen molar-refractivity contribution in [1.29, 1.82) is 0 Å². The highest BCUT2D eigenvalue weighted by Crippen LogP contribution is 2.51. The molecule has 1 saturated carbocycles. The van der Waals surface area contributed by atoms with Crippen molar-refractivity contribution in [2.75, 3.05) is 0 Å². The Kier molecular flexibility index (Phi) is 3.93. The van der Waals surface area contributed by atoms with Crippen molar-refractivity contribution < 1.29 is 14.6 Å². The Morgan fingerprint density at radius 2 is 2.25 bits per heavy atom. The monoisotopic (exact) mass is 329 g/mol. The minimum absolute atomic E-state index is 0.0236. The smallest absolute Gasteiger partial charge is 0.307 e. The highest BCUT2D eigenvalue weighted by molar-refractivity contribution is 5.70. The number of allylic oxidation sites excluding steroid dienone is 3. The second-order valence-electron chi connectivity index (χ2n) is 7.70. The van der Waals surface area contributed by atoms with Gasteiger partial charge in [-0.3, -0.25) is 4.79 Å². The van der Waals surface area contributed by atoms with Crippen molar-refractivity contribution in [3.63, 3.8) is 0 Å². The number of nitrogens with one attached hydrogen (secondary N) is 1. The molecule has 0 aromatic carbocycles. The summed E-state index contributed by atoms with van der Waals surface area (Å²) in [4.78, 5) is 11.5. The third-order valence-electron chi connectivity index (χ3n) is 6.25. The summed E-state index contributed by atoms with van der Waals surface area (Å²) < 4.78 is 5.97. The summed E-state index contributed by atoms with van der Waals surface area (Å²) >= 11 is 0. The Balaban J connectivity index is 1.74. The van der Waals surface area contributed by atoms with E-state index in [1.165, 1.54) is 49.8 Å². The molecule has 4 aliphatic rings.